The Kier molecular flexibility index (Phi) is 4.49. The van der Waals surface area contributed by atoms with Crippen molar-refractivity contribution in [3.05, 3.63) is 23.3 Å². The molecule has 1 fully saturated rings. The second-order valence-corrected chi connectivity index (χ2v) is 5.55. The van der Waals surface area contributed by atoms with Crippen LogP contribution in [0.5, 0.6) is 11.5 Å². The van der Waals surface area contributed by atoms with Gasteiger partial charge in [0.05, 0.1) is 20.8 Å². The fourth-order valence-electron chi connectivity index (χ4n) is 3.00. The molecule has 6 nitrogen and oxygen atoms in total. The van der Waals surface area contributed by atoms with Crippen LogP contribution in [0.4, 0.5) is 0 Å². The Hall–Kier alpha value is -1.79. The third-order valence-corrected chi connectivity index (χ3v) is 4.23. The molecule has 1 unspecified atom stereocenters. The van der Waals surface area contributed by atoms with Gasteiger partial charge < -0.3 is 24.4 Å². The predicted molar refractivity (Wildman–Crippen MR) is 81.3 cm³/mol. The van der Waals surface area contributed by atoms with Crippen LogP contribution in [-0.4, -0.2) is 57.4 Å². The van der Waals surface area contributed by atoms with E-state index in [0.29, 0.717) is 32.0 Å². The first-order valence-corrected chi connectivity index (χ1v) is 7.58. The Balaban J connectivity index is 1.76. The Morgan fingerprint density at radius 1 is 1.27 bits per heavy atom. The quantitative estimate of drug-likeness (QED) is 0.885. The van der Waals surface area contributed by atoms with Crippen LogP contribution in [-0.2, 0) is 22.5 Å². The van der Waals surface area contributed by atoms with Crippen LogP contribution >= 0.6 is 0 Å². The van der Waals surface area contributed by atoms with E-state index in [1.807, 2.05) is 17.0 Å². The predicted octanol–water partition coefficient (Wildman–Crippen LogP) is 0.577. The van der Waals surface area contributed by atoms with Crippen molar-refractivity contribution in [1.29, 1.82) is 0 Å². The van der Waals surface area contributed by atoms with Crippen LogP contribution in [0, 0.1) is 0 Å². The first kappa shape index (κ1) is 15.1. The lowest BCUT2D eigenvalue weighted by Gasteiger charge is -2.33. The van der Waals surface area contributed by atoms with Gasteiger partial charge in [0.25, 0.3) is 5.91 Å². The number of nitrogens with zero attached hydrogens (tertiary/aromatic N) is 1. The molecule has 0 aromatic heterocycles. The lowest BCUT2D eigenvalue weighted by molar-refractivity contribution is -0.146. The van der Waals surface area contributed by atoms with E-state index in [1.54, 1.807) is 14.2 Å². The maximum atomic E-state index is 12.5. The first-order chi connectivity index (χ1) is 10.7. The molecule has 0 aliphatic carbocycles. The second kappa shape index (κ2) is 6.54. The Labute approximate surface area is 130 Å². The highest BCUT2D eigenvalue weighted by Crippen LogP contribution is 2.33. The minimum Gasteiger partial charge on any atom is -0.493 e. The highest BCUT2D eigenvalue weighted by molar-refractivity contribution is 5.81. The van der Waals surface area contributed by atoms with Crippen LogP contribution in [0.1, 0.15) is 11.1 Å². The van der Waals surface area contributed by atoms with E-state index < -0.39 is 0 Å². The number of fused-ring (bicyclic) bond motifs is 1. The van der Waals surface area contributed by atoms with Crippen molar-refractivity contribution in [1.82, 2.24) is 10.2 Å². The second-order valence-electron chi connectivity index (χ2n) is 5.55. The van der Waals surface area contributed by atoms with Crippen molar-refractivity contribution in [2.24, 2.45) is 0 Å². The molecule has 6 heteroatoms. The third kappa shape index (κ3) is 2.89. The van der Waals surface area contributed by atoms with Crippen molar-refractivity contribution in [2.75, 3.05) is 40.5 Å². The average Bonchev–Trinajstić information content (AvgIpc) is 2.60. The van der Waals surface area contributed by atoms with Gasteiger partial charge in [-0.25, -0.2) is 0 Å². The van der Waals surface area contributed by atoms with Crippen molar-refractivity contribution < 1.29 is 19.0 Å². The monoisotopic (exact) mass is 306 g/mol. The van der Waals surface area contributed by atoms with E-state index >= 15 is 0 Å². The van der Waals surface area contributed by atoms with Gasteiger partial charge in [0.2, 0.25) is 0 Å². The minimum atomic E-state index is -0.365. The van der Waals surface area contributed by atoms with Gasteiger partial charge in [-0.05, 0) is 29.7 Å². The van der Waals surface area contributed by atoms with Gasteiger partial charge >= 0.3 is 0 Å². The Morgan fingerprint density at radius 2 is 2.00 bits per heavy atom. The molecule has 3 rings (SSSR count). The number of ether oxygens (including phenoxy) is 3. The van der Waals surface area contributed by atoms with Crippen LogP contribution in [0.2, 0.25) is 0 Å². The van der Waals surface area contributed by atoms with E-state index in [0.717, 1.165) is 24.3 Å². The van der Waals surface area contributed by atoms with E-state index in [-0.39, 0.29) is 12.0 Å². The molecule has 1 aromatic carbocycles. The summed E-state index contributed by atoms with van der Waals surface area (Å²) in [5.74, 6) is 1.50. The summed E-state index contributed by atoms with van der Waals surface area (Å²) >= 11 is 0. The SMILES string of the molecule is COc1cc2c(cc1OC)CN(C(=O)C1CNCCO1)CC2. The molecule has 2 aliphatic rings. The largest absolute Gasteiger partial charge is 0.493 e. The van der Waals surface area contributed by atoms with Gasteiger partial charge in [0, 0.05) is 26.2 Å². The molecule has 0 saturated carbocycles. The lowest BCUT2D eigenvalue weighted by Crippen LogP contribution is -2.50. The summed E-state index contributed by atoms with van der Waals surface area (Å²) in [5, 5.41) is 3.20. The number of carbonyl (C=O) groups is 1. The van der Waals surface area contributed by atoms with E-state index in [2.05, 4.69) is 5.32 Å². The molecule has 1 atom stereocenters. The standard InChI is InChI=1S/C16H22N2O4/c1-20-13-7-11-3-5-18(10-12(11)8-14(13)21-2)16(19)15-9-17-4-6-22-15/h7-8,15,17H,3-6,9-10H2,1-2H3. The van der Waals surface area contributed by atoms with Crippen molar-refractivity contribution in [2.45, 2.75) is 19.1 Å². The van der Waals surface area contributed by atoms with Gasteiger partial charge in [-0.3, -0.25) is 4.79 Å². The number of nitrogens with one attached hydrogen (secondary N) is 1. The van der Waals surface area contributed by atoms with Crippen LogP contribution < -0.4 is 14.8 Å². The molecular formula is C16H22N2O4. The van der Waals surface area contributed by atoms with E-state index in [9.17, 15) is 4.79 Å². The summed E-state index contributed by atoms with van der Waals surface area (Å²) in [6.07, 6.45) is 0.456. The van der Waals surface area contributed by atoms with Gasteiger partial charge in [-0.1, -0.05) is 0 Å². The Morgan fingerprint density at radius 3 is 2.64 bits per heavy atom. The number of hydrogen-bond acceptors (Lipinski definition) is 5. The zero-order valence-corrected chi connectivity index (χ0v) is 13.1. The van der Waals surface area contributed by atoms with Crippen LogP contribution in [0.15, 0.2) is 12.1 Å². The van der Waals surface area contributed by atoms with Gasteiger partial charge in [-0.2, -0.15) is 0 Å². The molecule has 22 heavy (non-hydrogen) atoms. The zero-order valence-electron chi connectivity index (χ0n) is 13.1. The molecular weight excluding hydrogens is 284 g/mol. The summed E-state index contributed by atoms with van der Waals surface area (Å²) in [6.45, 7) is 3.29. The highest BCUT2D eigenvalue weighted by atomic mass is 16.5. The summed E-state index contributed by atoms with van der Waals surface area (Å²) in [4.78, 5) is 14.4. The van der Waals surface area contributed by atoms with Gasteiger partial charge in [-0.15, -0.1) is 0 Å². The summed E-state index contributed by atoms with van der Waals surface area (Å²) in [6, 6.07) is 3.97. The molecule has 1 saturated heterocycles. The van der Waals surface area contributed by atoms with Crippen molar-refractivity contribution >= 4 is 5.91 Å². The molecule has 2 aliphatic heterocycles. The number of morpholine rings is 1. The number of benzene rings is 1. The highest BCUT2D eigenvalue weighted by Gasteiger charge is 2.29. The third-order valence-electron chi connectivity index (χ3n) is 4.23. The molecule has 1 amide bonds. The van der Waals surface area contributed by atoms with Gasteiger partial charge in [0.1, 0.15) is 6.10 Å². The first-order valence-electron chi connectivity index (χ1n) is 7.58. The van der Waals surface area contributed by atoms with Crippen LogP contribution in [0.25, 0.3) is 0 Å². The summed E-state index contributed by atoms with van der Waals surface area (Å²) in [5.41, 5.74) is 2.32. The summed E-state index contributed by atoms with van der Waals surface area (Å²) < 4.78 is 16.3. The summed E-state index contributed by atoms with van der Waals surface area (Å²) in [7, 11) is 3.26. The van der Waals surface area contributed by atoms with Crippen molar-refractivity contribution in [3.8, 4) is 11.5 Å². The number of hydrogen-bond donors (Lipinski definition) is 1. The number of carbonyl (C=O) groups excluding carboxylic acids is 1. The van der Waals surface area contributed by atoms with Crippen molar-refractivity contribution in [3.63, 3.8) is 0 Å². The molecule has 0 radical (unpaired) electrons. The normalized spacial score (nSPS) is 21.2. The lowest BCUT2D eigenvalue weighted by atomic mass is 9.98. The maximum Gasteiger partial charge on any atom is 0.253 e. The molecule has 0 spiro atoms. The maximum absolute atomic E-state index is 12.5. The average molecular weight is 306 g/mol. The van der Waals surface area contributed by atoms with E-state index in [4.69, 9.17) is 14.2 Å². The number of rotatable bonds is 3. The topological polar surface area (TPSA) is 60.0 Å². The van der Waals surface area contributed by atoms with E-state index in [1.165, 1.54) is 5.56 Å². The van der Waals surface area contributed by atoms with Gasteiger partial charge in [0.15, 0.2) is 11.5 Å². The molecule has 1 aromatic rings. The number of amides is 1. The molecule has 2 heterocycles. The molecule has 120 valence electrons. The fraction of sp³-hybridized carbons (Fsp3) is 0.562. The minimum absolute atomic E-state index is 0.0626. The van der Waals surface area contributed by atoms with Crippen LogP contribution in [0.3, 0.4) is 0 Å². The molecule has 0 bridgehead atoms. The molecule has 1 N–H and O–H groups in total. The number of methoxy groups -OCH3 is 2. The fourth-order valence-corrected chi connectivity index (χ4v) is 3.00. The zero-order chi connectivity index (χ0) is 15.5. The Bertz CT molecular complexity index is 555. The smallest absolute Gasteiger partial charge is 0.253 e.